The van der Waals surface area contributed by atoms with Gasteiger partial charge in [0.2, 0.25) is 0 Å². The van der Waals surface area contributed by atoms with Gasteiger partial charge in [-0.1, -0.05) is 30.3 Å². The van der Waals surface area contributed by atoms with Crippen LogP contribution < -0.4 is 5.32 Å². The number of hydrogen-bond donors (Lipinski definition) is 1. The van der Waals surface area contributed by atoms with Gasteiger partial charge in [0.1, 0.15) is 11.5 Å². The number of imidazole rings is 1. The van der Waals surface area contributed by atoms with Crippen molar-refractivity contribution in [3.63, 3.8) is 0 Å². The zero-order valence-electron chi connectivity index (χ0n) is 11.3. The highest BCUT2D eigenvalue weighted by Crippen LogP contribution is 2.23. The summed E-state index contributed by atoms with van der Waals surface area (Å²) in [6.45, 7) is 0. The monoisotopic (exact) mass is 263 g/mol. The average molecular weight is 263 g/mol. The molecule has 4 rings (SSSR count). The van der Waals surface area contributed by atoms with Gasteiger partial charge >= 0.3 is 0 Å². The number of nitrogens with zero attached hydrogens (tertiary/aromatic N) is 2. The predicted octanol–water partition coefficient (Wildman–Crippen LogP) is 3.30. The highest BCUT2D eigenvalue weighted by atomic mass is 15.1. The molecule has 3 heteroatoms. The van der Waals surface area contributed by atoms with Crippen molar-refractivity contribution in [3.05, 3.63) is 66.0 Å². The van der Waals surface area contributed by atoms with E-state index in [-0.39, 0.29) is 0 Å². The summed E-state index contributed by atoms with van der Waals surface area (Å²) in [5.41, 5.74) is 3.98. The molecule has 3 aromatic rings. The summed E-state index contributed by atoms with van der Waals surface area (Å²) in [4.78, 5) is 4.33. The molecule has 0 fully saturated rings. The molecule has 1 aliphatic carbocycles. The number of anilines is 1. The van der Waals surface area contributed by atoms with E-state index in [2.05, 4.69) is 51.1 Å². The van der Waals surface area contributed by atoms with E-state index in [0.717, 1.165) is 24.3 Å². The normalized spacial score (nSPS) is 17.9. The third-order valence-corrected chi connectivity index (χ3v) is 4.13. The van der Waals surface area contributed by atoms with Crippen LogP contribution in [0.5, 0.6) is 0 Å². The van der Waals surface area contributed by atoms with Crippen LogP contribution in [0, 0.1) is 0 Å². The Morgan fingerprint density at radius 3 is 2.90 bits per heavy atom. The van der Waals surface area contributed by atoms with Gasteiger partial charge in [0.05, 0.1) is 0 Å². The fourth-order valence-electron chi connectivity index (χ4n) is 3.10. The molecule has 2 aromatic heterocycles. The van der Waals surface area contributed by atoms with E-state index in [9.17, 15) is 0 Å². The number of fused-ring (bicyclic) bond motifs is 2. The van der Waals surface area contributed by atoms with E-state index in [1.807, 2.05) is 18.5 Å². The highest BCUT2D eigenvalue weighted by molar-refractivity contribution is 5.50. The summed E-state index contributed by atoms with van der Waals surface area (Å²) in [7, 11) is 0. The van der Waals surface area contributed by atoms with Crippen molar-refractivity contribution in [3.8, 4) is 0 Å². The van der Waals surface area contributed by atoms with Gasteiger partial charge in [-0.05, 0) is 42.5 Å². The standard InChI is InChI=1S/C17H17N3/c1-2-5-14-12-15(9-8-13(14)4-1)19-17-7-3-6-16-18-10-11-20(16)17/h1-7,10-11,15,19H,8-9,12H2. The predicted molar refractivity (Wildman–Crippen MR) is 81.1 cm³/mol. The van der Waals surface area contributed by atoms with E-state index < -0.39 is 0 Å². The van der Waals surface area contributed by atoms with Crippen LogP contribution in [0.1, 0.15) is 17.5 Å². The fraction of sp³-hybridized carbons (Fsp3) is 0.235. The molecule has 1 N–H and O–H groups in total. The van der Waals surface area contributed by atoms with Crippen LogP contribution in [0.2, 0.25) is 0 Å². The molecule has 3 nitrogen and oxygen atoms in total. The molecule has 0 saturated heterocycles. The number of pyridine rings is 1. The Balaban J connectivity index is 1.60. The maximum Gasteiger partial charge on any atom is 0.138 e. The molecule has 1 aromatic carbocycles. The van der Waals surface area contributed by atoms with Crippen molar-refractivity contribution in [2.75, 3.05) is 5.32 Å². The minimum atomic E-state index is 0.498. The van der Waals surface area contributed by atoms with Crippen molar-refractivity contribution in [2.45, 2.75) is 25.3 Å². The van der Waals surface area contributed by atoms with Crippen LogP contribution in [0.4, 0.5) is 5.82 Å². The summed E-state index contributed by atoms with van der Waals surface area (Å²) >= 11 is 0. The Morgan fingerprint density at radius 2 is 1.95 bits per heavy atom. The van der Waals surface area contributed by atoms with Crippen LogP contribution in [0.25, 0.3) is 5.65 Å². The molecule has 0 radical (unpaired) electrons. The molecule has 2 heterocycles. The molecule has 0 spiro atoms. The molecule has 100 valence electrons. The number of hydrogen-bond acceptors (Lipinski definition) is 2. The van der Waals surface area contributed by atoms with E-state index in [4.69, 9.17) is 0 Å². The van der Waals surface area contributed by atoms with Gasteiger partial charge in [-0.25, -0.2) is 4.98 Å². The van der Waals surface area contributed by atoms with Gasteiger partial charge < -0.3 is 5.32 Å². The number of aryl methyl sites for hydroxylation is 1. The smallest absolute Gasteiger partial charge is 0.138 e. The van der Waals surface area contributed by atoms with Crippen molar-refractivity contribution in [2.24, 2.45) is 0 Å². The Morgan fingerprint density at radius 1 is 1.05 bits per heavy atom. The number of nitrogens with one attached hydrogen (secondary N) is 1. The van der Waals surface area contributed by atoms with E-state index >= 15 is 0 Å². The minimum Gasteiger partial charge on any atom is -0.368 e. The molecule has 0 bridgehead atoms. The van der Waals surface area contributed by atoms with Gasteiger partial charge in [0.15, 0.2) is 0 Å². The molecular weight excluding hydrogens is 246 g/mol. The van der Waals surface area contributed by atoms with Crippen LogP contribution in [0.3, 0.4) is 0 Å². The first-order valence-electron chi connectivity index (χ1n) is 7.15. The first-order chi connectivity index (χ1) is 9.90. The Labute approximate surface area is 118 Å². The zero-order valence-corrected chi connectivity index (χ0v) is 11.3. The average Bonchev–Trinajstić information content (AvgIpc) is 2.97. The lowest BCUT2D eigenvalue weighted by Crippen LogP contribution is -2.28. The quantitative estimate of drug-likeness (QED) is 0.768. The Hall–Kier alpha value is -2.29. The number of benzene rings is 1. The second kappa shape index (κ2) is 4.67. The lowest BCUT2D eigenvalue weighted by molar-refractivity contribution is 0.608. The zero-order chi connectivity index (χ0) is 13.4. The number of aromatic nitrogens is 2. The second-order valence-corrected chi connectivity index (χ2v) is 5.42. The molecule has 0 amide bonds. The topological polar surface area (TPSA) is 29.3 Å². The largest absolute Gasteiger partial charge is 0.368 e. The molecule has 1 aliphatic rings. The lowest BCUT2D eigenvalue weighted by atomic mass is 9.88. The van der Waals surface area contributed by atoms with Crippen LogP contribution in [0.15, 0.2) is 54.9 Å². The Kier molecular flexibility index (Phi) is 2.69. The molecular formula is C17H17N3. The molecule has 20 heavy (non-hydrogen) atoms. The summed E-state index contributed by atoms with van der Waals surface area (Å²) in [5.74, 6) is 1.13. The molecule has 0 saturated carbocycles. The van der Waals surface area contributed by atoms with Crippen LogP contribution >= 0.6 is 0 Å². The maximum absolute atomic E-state index is 4.33. The third kappa shape index (κ3) is 1.95. The van der Waals surface area contributed by atoms with E-state index in [1.54, 1.807) is 0 Å². The van der Waals surface area contributed by atoms with Crippen molar-refractivity contribution >= 4 is 11.5 Å². The maximum atomic E-state index is 4.33. The molecule has 0 aliphatic heterocycles. The van der Waals surface area contributed by atoms with Gasteiger partial charge in [0, 0.05) is 18.4 Å². The van der Waals surface area contributed by atoms with Crippen molar-refractivity contribution in [1.82, 2.24) is 9.38 Å². The van der Waals surface area contributed by atoms with E-state index in [1.165, 1.54) is 17.5 Å². The third-order valence-electron chi connectivity index (χ3n) is 4.13. The van der Waals surface area contributed by atoms with Crippen LogP contribution in [-0.2, 0) is 12.8 Å². The minimum absolute atomic E-state index is 0.498. The Bertz CT molecular complexity index is 745. The molecule has 1 atom stereocenters. The SMILES string of the molecule is c1ccc2c(c1)CCC(Nc1cccc3nccn13)C2. The first kappa shape index (κ1) is 11.5. The second-order valence-electron chi connectivity index (χ2n) is 5.42. The van der Waals surface area contributed by atoms with Gasteiger partial charge in [0.25, 0.3) is 0 Å². The summed E-state index contributed by atoms with van der Waals surface area (Å²) in [5, 5.41) is 3.67. The van der Waals surface area contributed by atoms with Crippen molar-refractivity contribution < 1.29 is 0 Å². The van der Waals surface area contributed by atoms with Crippen molar-refractivity contribution in [1.29, 1.82) is 0 Å². The summed E-state index contributed by atoms with van der Waals surface area (Å²) in [6.07, 6.45) is 7.29. The number of rotatable bonds is 2. The van der Waals surface area contributed by atoms with Crippen LogP contribution in [-0.4, -0.2) is 15.4 Å². The highest BCUT2D eigenvalue weighted by Gasteiger charge is 2.18. The summed E-state index contributed by atoms with van der Waals surface area (Å²) in [6, 6.07) is 15.5. The van der Waals surface area contributed by atoms with Gasteiger partial charge in [-0.3, -0.25) is 4.40 Å². The van der Waals surface area contributed by atoms with Gasteiger partial charge in [-0.15, -0.1) is 0 Å². The lowest BCUT2D eigenvalue weighted by Gasteiger charge is -2.26. The van der Waals surface area contributed by atoms with E-state index in [0.29, 0.717) is 6.04 Å². The molecule has 1 unspecified atom stereocenters. The van der Waals surface area contributed by atoms with Gasteiger partial charge in [-0.2, -0.15) is 0 Å². The first-order valence-corrected chi connectivity index (χ1v) is 7.15. The fourth-order valence-corrected chi connectivity index (χ4v) is 3.10. The summed E-state index contributed by atoms with van der Waals surface area (Å²) < 4.78 is 2.11.